The molecule has 2 aromatic carbocycles. The van der Waals surface area contributed by atoms with Gasteiger partial charge < -0.3 is 16.2 Å². The molecule has 7 nitrogen and oxygen atoms in total. The number of anilines is 1. The van der Waals surface area contributed by atoms with Crippen LogP contribution in [0, 0.1) is 5.21 Å². The van der Waals surface area contributed by atoms with Crippen LogP contribution in [0.3, 0.4) is 0 Å². The summed E-state index contributed by atoms with van der Waals surface area (Å²) in [6.07, 6.45) is -3.03. The third-order valence-electron chi connectivity index (χ3n) is 4.55. The molecule has 0 fully saturated rings. The molecule has 0 aliphatic carbocycles. The van der Waals surface area contributed by atoms with Gasteiger partial charge >= 0.3 is 6.18 Å². The average Bonchev–Trinajstić information content (AvgIpc) is 3.27. The number of benzene rings is 2. The first-order valence-electron chi connectivity index (χ1n) is 9.53. The second kappa shape index (κ2) is 9.97. The van der Waals surface area contributed by atoms with E-state index in [0.717, 1.165) is 24.7 Å². The van der Waals surface area contributed by atoms with Crippen molar-refractivity contribution < 1.29 is 26.4 Å². The van der Waals surface area contributed by atoms with Crippen LogP contribution in [-0.2, 0) is 14.7 Å². The molecule has 180 valence electrons. The molecule has 0 amide bonds. The number of thiophene rings is 1. The molecule has 34 heavy (non-hydrogen) atoms. The second-order valence-corrected chi connectivity index (χ2v) is 9.95. The van der Waals surface area contributed by atoms with E-state index >= 15 is 0 Å². The third-order valence-corrected chi connectivity index (χ3v) is 6.62. The maximum atomic E-state index is 13.2. The number of halogens is 3. The molecule has 12 heteroatoms. The topological polar surface area (TPSA) is 108 Å². The summed E-state index contributed by atoms with van der Waals surface area (Å²) in [5.74, 6) is 0. The van der Waals surface area contributed by atoms with E-state index in [4.69, 9.17) is 5.73 Å². The van der Waals surface area contributed by atoms with E-state index in [0.29, 0.717) is 22.1 Å². The van der Waals surface area contributed by atoms with Crippen molar-refractivity contribution in [3.8, 4) is 11.1 Å². The first-order valence-corrected chi connectivity index (χ1v) is 12.3. The fourth-order valence-corrected chi connectivity index (χ4v) is 4.40. The molecule has 0 aliphatic heterocycles. The van der Waals surface area contributed by atoms with Gasteiger partial charge in [-0.3, -0.25) is 4.84 Å². The number of hydrogen-bond donors (Lipinski definition) is 1. The van der Waals surface area contributed by atoms with Gasteiger partial charge in [-0.1, -0.05) is 24.3 Å². The van der Waals surface area contributed by atoms with Gasteiger partial charge in [-0.2, -0.15) is 13.2 Å². The number of nitrogens with zero attached hydrogens (tertiary/aromatic N) is 2. The number of aliphatic imine (C=N–C) groups is 1. The van der Waals surface area contributed by atoms with Crippen LogP contribution in [0.5, 0.6) is 0 Å². The van der Waals surface area contributed by atoms with Gasteiger partial charge in [0.2, 0.25) is 0 Å². The first kappa shape index (κ1) is 25.4. The Morgan fingerprint density at radius 1 is 1.15 bits per heavy atom. The van der Waals surface area contributed by atoms with Gasteiger partial charge in [0.25, 0.3) is 0 Å². The van der Waals surface area contributed by atoms with Crippen LogP contribution in [0.2, 0.25) is 0 Å². The van der Waals surface area contributed by atoms with Crippen LogP contribution in [0.1, 0.15) is 4.88 Å². The normalized spacial score (nSPS) is 13.2. The molecule has 0 atom stereocenters. The number of hydrogen-bond acceptors (Lipinski definition) is 8. The van der Waals surface area contributed by atoms with Crippen molar-refractivity contribution in [2.75, 3.05) is 18.6 Å². The lowest BCUT2D eigenvalue weighted by atomic mass is 10.1. The predicted molar refractivity (Wildman–Crippen MR) is 127 cm³/mol. The van der Waals surface area contributed by atoms with Crippen LogP contribution in [-0.4, -0.2) is 33.7 Å². The Kier molecular flexibility index (Phi) is 7.46. The SMILES string of the molecule is CON([O-])c1ccccc1N=C(C=C(N)C(F)(F)F)c1cc(-c2cccc(S(C)(=O)=O)c2)cs1. The zero-order valence-corrected chi connectivity index (χ0v) is 19.5. The number of para-hydroxylation sites is 2. The number of alkyl halides is 3. The lowest BCUT2D eigenvalue weighted by Gasteiger charge is -2.28. The minimum Gasteiger partial charge on any atom is -0.733 e. The molecule has 3 rings (SSSR count). The molecule has 0 bridgehead atoms. The summed E-state index contributed by atoms with van der Waals surface area (Å²) in [6.45, 7) is 0. The molecule has 2 N–H and O–H groups in total. The Morgan fingerprint density at radius 3 is 2.50 bits per heavy atom. The van der Waals surface area contributed by atoms with Gasteiger partial charge in [0.15, 0.2) is 9.84 Å². The fourth-order valence-electron chi connectivity index (χ4n) is 2.86. The third kappa shape index (κ3) is 6.03. The van der Waals surface area contributed by atoms with E-state index in [-0.39, 0.29) is 27.2 Å². The van der Waals surface area contributed by atoms with Crippen LogP contribution in [0.4, 0.5) is 24.5 Å². The van der Waals surface area contributed by atoms with Crippen molar-refractivity contribution in [2.45, 2.75) is 11.1 Å². The van der Waals surface area contributed by atoms with Gasteiger partial charge in [0, 0.05) is 6.26 Å². The Bertz CT molecular complexity index is 1350. The summed E-state index contributed by atoms with van der Waals surface area (Å²) in [4.78, 5) is 9.33. The molecular formula is C22H19F3N3O4S2-. The van der Waals surface area contributed by atoms with Crippen molar-refractivity contribution >= 4 is 38.3 Å². The summed E-state index contributed by atoms with van der Waals surface area (Å²) < 4.78 is 63.3. The highest BCUT2D eigenvalue weighted by atomic mass is 32.2. The number of sulfone groups is 1. The average molecular weight is 511 g/mol. The highest BCUT2D eigenvalue weighted by Gasteiger charge is 2.32. The van der Waals surface area contributed by atoms with Crippen LogP contribution >= 0.6 is 11.3 Å². The molecule has 0 saturated heterocycles. The van der Waals surface area contributed by atoms with Crippen LogP contribution < -0.4 is 11.0 Å². The molecule has 1 aromatic heterocycles. The Balaban J connectivity index is 2.14. The minimum absolute atomic E-state index is 0.0147. The predicted octanol–water partition coefficient (Wildman–Crippen LogP) is 5.21. The molecule has 1 heterocycles. The van der Waals surface area contributed by atoms with E-state index in [9.17, 15) is 26.8 Å². The lowest BCUT2D eigenvalue weighted by Crippen LogP contribution is -2.20. The second-order valence-electron chi connectivity index (χ2n) is 7.02. The van der Waals surface area contributed by atoms with E-state index in [1.807, 2.05) is 0 Å². The zero-order chi connectivity index (χ0) is 25.1. The van der Waals surface area contributed by atoms with Gasteiger partial charge in [-0.15, -0.1) is 11.3 Å². The molecular weight excluding hydrogens is 491 g/mol. The maximum absolute atomic E-state index is 13.2. The van der Waals surface area contributed by atoms with Gasteiger partial charge in [-0.25, -0.2) is 13.4 Å². The monoisotopic (exact) mass is 510 g/mol. The van der Waals surface area contributed by atoms with E-state index < -0.39 is 21.7 Å². The minimum atomic E-state index is -4.79. The molecule has 0 saturated carbocycles. The molecule has 0 spiro atoms. The van der Waals surface area contributed by atoms with Crippen LogP contribution in [0.25, 0.3) is 11.1 Å². The van der Waals surface area contributed by atoms with Crippen molar-refractivity contribution in [3.63, 3.8) is 0 Å². The highest BCUT2D eigenvalue weighted by molar-refractivity contribution is 7.90. The van der Waals surface area contributed by atoms with E-state index in [2.05, 4.69) is 9.83 Å². The van der Waals surface area contributed by atoms with Crippen molar-refractivity contribution in [3.05, 3.63) is 81.8 Å². The number of allylic oxidation sites excluding steroid dienone is 2. The smallest absolute Gasteiger partial charge is 0.430 e. The lowest BCUT2D eigenvalue weighted by molar-refractivity contribution is -0.0925. The van der Waals surface area contributed by atoms with Gasteiger partial charge in [0.05, 0.1) is 34.0 Å². The zero-order valence-electron chi connectivity index (χ0n) is 17.9. The fraction of sp³-hybridized carbons (Fsp3) is 0.136. The van der Waals surface area contributed by atoms with Crippen molar-refractivity contribution in [1.82, 2.24) is 0 Å². The highest BCUT2D eigenvalue weighted by Crippen LogP contribution is 2.33. The Labute approximate surface area is 198 Å². The van der Waals surface area contributed by atoms with E-state index in [1.54, 1.807) is 35.7 Å². The maximum Gasteiger partial charge on any atom is 0.430 e. The first-order chi connectivity index (χ1) is 15.9. The number of nitrogens with two attached hydrogens (primary N) is 1. The summed E-state index contributed by atoms with van der Waals surface area (Å²) in [5, 5.41) is 13.8. The summed E-state index contributed by atoms with van der Waals surface area (Å²) in [7, 11) is -2.30. The molecule has 0 unspecified atom stereocenters. The Hall–Kier alpha value is -3.19. The van der Waals surface area contributed by atoms with Gasteiger partial charge in [-0.05, 0) is 52.9 Å². The van der Waals surface area contributed by atoms with Gasteiger partial charge in [0.1, 0.15) is 5.70 Å². The summed E-state index contributed by atoms with van der Waals surface area (Å²) >= 11 is 1.09. The summed E-state index contributed by atoms with van der Waals surface area (Å²) in [6, 6.07) is 13.7. The number of rotatable bonds is 7. The quantitative estimate of drug-likeness (QED) is 0.345. The standard InChI is InChI=1S/C22H19F3N3O4S2/c1-32-28(29)19-9-4-3-8-17(19)27-18(12-21(26)22(23,24)25)20-11-15(13-33-20)14-6-5-7-16(10-14)34(2,30)31/h3-13H,26H2,1-2H3/q-1. The molecule has 0 radical (unpaired) electrons. The largest absolute Gasteiger partial charge is 0.733 e. The summed E-state index contributed by atoms with van der Waals surface area (Å²) in [5.41, 5.74) is 4.92. The molecule has 0 aliphatic rings. The molecule has 3 aromatic rings. The van der Waals surface area contributed by atoms with E-state index in [1.165, 1.54) is 24.3 Å². The Morgan fingerprint density at radius 2 is 1.85 bits per heavy atom. The van der Waals surface area contributed by atoms with Crippen molar-refractivity contribution in [2.24, 2.45) is 10.7 Å². The van der Waals surface area contributed by atoms with Crippen LogP contribution in [0.15, 0.2) is 81.6 Å². The van der Waals surface area contributed by atoms with Crippen molar-refractivity contribution in [1.29, 1.82) is 0 Å².